The van der Waals surface area contributed by atoms with Crippen molar-refractivity contribution in [3.8, 4) is 0 Å². The third-order valence-electron chi connectivity index (χ3n) is 2.55. The summed E-state index contributed by atoms with van der Waals surface area (Å²) in [4.78, 5) is 10.6. The van der Waals surface area contributed by atoms with Gasteiger partial charge in [-0.25, -0.2) is 13.2 Å². The summed E-state index contributed by atoms with van der Waals surface area (Å²) in [5, 5.41) is 19.3. The fourth-order valence-electron chi connectivity index (χ4n) is 1.64. The lowest BCUT2D eigenvalue weighted by Gasteiger charge is -2.14. The molecule has 6 nitrogen and oxygen atoms in total. The number of aliphatic hydroxyl groups is 1. The summed E-state index contributed by atoms with van der Waals surface area (Å²) in [6, 6.07) is 1.15. The number of rotatable bonds is 3. The Morgan fingerprint density at radius 3 is 2.71 bits per heavy atom. The van der Waals surface area contributed by atoms with Gasteiger partial charge in [0.1, 0.15) is 4.88 Å². The van der Waals surface area contributed by atoms with Crippen molar-refractivity contribution < 1.29 is 23.4 Å². The van der Waals surface area contributed by atoms with Gasteiger partial charge in [0.05, 0.1) is 11.0 Å². The first-order valence-electron chi connectivity index (χ1n) is 4.91. The summed E-state index contributed by atoms with van der Waals surface area (Å²) in [5.41, 5.74) is 0. The topological polar surface area (TPSA) is 94.9 Å². The molecule has 17 heavy (non-hydrogen) atoms. The van der Waals surface area contributed by atoms with E-state index >= 15 is 0 Å². The quantitative estimate of drug-likeness (QED) is 0.823. The molecule has 0 saturated carbocycles. The molecule has 0 spiro atoms. The molecule has 1 aliphatic rings. The SMILES string of the molecule is O=C(O)c1cc(S(=O)(=O)N2CCC(O)C2)cs1. The first kappa shape index (κ1) is 12.5. The predicted octanol–water partition coefficient (Wildman–Crippen LogP) is 0.202. The van der Waals surface area contributed by atoms with Gasteiger partial charge in [-0.15, -0.1) is 11.3 Å². The zero-order chi connectivity index (χ0) is 12.6. The van der Waals surface area contributed by atoms with Gasteiger partial charge in [-0.2, -0.15) is 4.31 Å². The number of hydrogen-bond acceptors (Lipinski definition) is 5. The van der Waals surface area contributed by atoms with Gasteiger partial charge in [-0.05, 0) is 12.5 Å². The van der Waals surface area contributed by atoms with E-state index in [1.807, 2.05) is 0 Å². The molecule has 1 unspecified atom stereocenters. The monoisotopic (exact) mass is 277 g/mol. The van der Waals surface area contributed by atoms with Crippen LogP contribution in [0, 0.1) is 0 Å². The Morgan fingerprint density at radius 1 is 1.53 bits per heavy atom. The molecular formula is C9H11NO5S2. The number of hydrogen-bond donors (Lipinski definition) is 2. The molecule has 8 heteroatoms. The third kappa shape index (κ3) is 2.34. The lowest BCUT2D eigenvalue weighted by molar-refractivity contribution is 0.0702. The molecule has 1 atom stereocenters. The number of carbonyl (C=O) groups is 1. The minimum atomic E-state index is -3.66. The molecule has 2 N–H and O–H groups in total. The van der Waals surface area contributed by atoms with Crippen molar-refractivity contribution in [1.29, 1.82) is 0 Å². The first-order chi connectivity index (χ1) is 7.91. The molecule has 2 heterocycles. The summed E-state index contributed by atoms with van der Waals surface area (Å²) in [7, 11) is -3.66. The highest BCUT2D eigenvalue weighted by atomic mass is 32.2. The summed E-state index contributed by atoms with van der Waals surface area (Å²) in [5.74, 6) is -1.14. The summed E-state index contributed by atoms with van der Waals surface area (Å²) >= 11 is 0.876. The van der Waals surface area contributed by atoms with E-state index in [1.165, 1.54) is 9.69 Å². The molecule has 0 bridgehead atoms. The Balaban J connectivity index is 2.28. The fourth-order valence-corrected chi connectivity index (χ4v) is 4.24. The number of aromatic carboxylic acids is 1. The van der Waals surface area contributed by atoms with E-state index in [2.05, 4.69) is 0 Å². The van der Waals surface area contributed by atoms with Crippen LogP contribution in [0.25, 0.3) is 0 Å². The van der Waals surface area contributed by atoms with E-state index < -0.39 is 22.1 Å². The van der Waals surface area contributed by atoms with Crippen molar-refractivity contribution in [2.45, 2.75) is 17.4 Å². The number of nitrogens with zero attached hydrogens (tertiary/aromatic N) is 1. The lowest BCUT2D eigenvalue weighted by Crippen LogP contribution is -2.29. The largest absolute Gasteiger partial charge is 0.477 e. The van der Waals surface area contributed by atoms with Crippen molar-refractivity contribution in [2.24, 2.45) is 0 Å². The Kier molecular flexibility index (Phi) is 3.21. The van der Waals surface area contributed by atoms with Gasteiger partial charge in [0.15, 0.2) is 0 Å². The molecule has 0 aliphatic carbocycles. The second-order valence-corrected chi connectivity index (χ2v) is 6.61. The van der Waals surface area contributed by atoms with Crippen molar-refractivity contribution in [1.82, 2.24) is 4.31 Å². The Hall–Kier alpha value is -0.960. The Morgan fingerprint density at radius 2 is 2.24 bits per heavy atom. The summed E-state index contributed by atoms with van der Waals surface area (Å²) in [6.45, 7) is 0.336. The van der Waals surface area contributed by atoms with E-state index in [1.54, 1.807) is 0 Å². The third-order valence-corrected chi connectivity index (χ3v) is 5.46. The zero-order valence-corrected chi connectivity index (χ0v) is 10.4. The molecule has 1 aromatic heterocycles. The number of thiophene rings is 1. The average Bonchev–Trinajstić information content (AvgIpc) is 2.85. The van der Waals surface area contributed by atoms with Gasteiger partial charge in [0, 0.05) is 18.5 Å². The first-order valence-corrected chi connectivity index (χ1v) is 7.23. The van der Waals surface area contributed by atoms with Crippen LogP contribution in [-0.2, 0) is 10.0 Å². The van der Waals surface area contributed by atoms with Gasteiger partial charge < -0.3 is 10.2 Å². The normalized spacial score (nSPS) is 21.8. The van der Waals surface area contributed by atoms with Crippen molar-refractivity contribution >= 4 is 27.3 Å². The zero-order valence-electron chi connectivity index (χ0n) is 8.74. The van der Waals surface area contributed by atoms with Crippen LogP contribution >= 0.6 is 11.3 Å². The molecular weight excluding hydrogens is 266 g/mol. The maximum Gasteiger partial charge on any atom is 0.345 e. The maximum absolute atomic E-state index is 12.0. The van der Waals surface area contributed by atoms with Crippen LogP contribution in [0.5, 0.6) is 0 Å². The number of sulfonamides is 1. The highest BCUT2D eigenvalue weighted by Crippen LogP contribution is 2.25. The van der Waals surface area contributed by atoms with Crippen LogP contribution in [-0.4, -0.2) is 48.1 Å². The smallest absolute Gasteiger partial charge is 0.345 e. The molecule has 1 saturated heterocycles. The molecule has 2 rings (SSSR count). The Bertz CT molecular complexity index is 535. The molecule has 1 aromatic rings. The van der Waals surface area contributed by atoms with Crippen LogP contribution in [0.15, 0.2) is 16.3 Å². The van der Waals surface area contributed by atoms with Crippen molar-refractivity contribution in [3.63, 3.8) is 0 Å². The molecule has 0 amide bonds. The number of β-amino-alcohol motifs (C(OH)–C–C–N with tert-alkyl or cyclic N) is 1. The van der Waals surface area contributed by atoms with E-state index in [0.29, 0.717) is 6.42 Å². The minimum Gasteiger partial charge on any atom is -0.477 e. The second kappa shape index (κ2) is 4.37. The number of carboxylic acids is 1. The second-order valence-electron chi connectivity index (χ2n) is 3.76. The van der Waals surface area contributed by atoms with Gasteiger partial charge in [0.25, 0.3) is 0 Å². The van der Waals surface area contributed by atoms with Gasteiger partial charge in [-0.3, -0.25) is 0 Å². The van der Waals surface area contributed by atoms with Crippen LogP contribution in [0.1, 0.15) is 16.1 Å². The number of carboxylic acid groups (broad SMARTS) is 1. The minimum absolute atomic E-state index is 0.0108. The van der Waals surface area contributed by atoms with Gasteiger partial charge in [-0.1, -0.05) is 0 Å². The van der Waals surface area contributed by atoms with E-state index in [-0.39, 0.29) is 22.9 Å². The highest BCUT2D eigenvalue weighted by molar-refractivity contribution is 7.89. The molecule has 0 aromatic carbocycles. The molecule has 1 aliphatic heterocycles. The van der Waals surface area contributed by atoms with E-state index in [4.69, 9.17) is 5.11 Å². The highest BCUT2D eigenvalue weighted by Gasteiger charge is 2.32. The molecule has 94 valence electrons. The van der Waals surface area contributed by atoms with E-state index in [0.717, 1.165) is 17.4 Å². The van der Waals surface area contributed by atoms with Gasteiger partial charge in [0.2, 0.25) is 10.0 Å². The summed E-state index contributed by atoms with van der Waals surface area (Å²) < 4.78 is 25.3. The molecule has 1 fully saturated rings. The average molecular weight is 277 g/mol. The van der Waals surface area contributed by atoms with Crippen molar-refractivity contribution in [3.05, 3.63) is 16.3 Å². The Labute approximate surface area is 102 Å². The maximum atomic E-state index is 12.0. The van der Waals surface area contributed by atoms with Crippen LogP contribution in [0.3, 0.4) is 0 Å². The standard InChI is InChI=1S/C9H11NO5S2/c11-6-1-2-10(4-6)17(14,15)7-3-8(9(12)13)16-5-7/h3,5-6,11H,1-2,4H2,(H,12,13). The van der Waals surface area contributed by atoms with Crippen molar-refractivity contribution in [2.75, 3.05) is 13.1 Å². The fraction of sp³-hybridized carbons (Fsp3) is 0.444. The van der Waals surface area contributed by atoms with Crippen LogP contribution in [0.4, 0.5) is 0 Å². The summed E-state index contributed by atoms with van der Waals surface area (Å²) in [6.07, 6.45) is -0.225. The number of aliphatic hydroxyl groups excluding tert-OH is 1. The lowest BCUT2D eigenvalue weighted by atomic mass is 10.3. The van der Waals surface area contributed by atoms with Crippen LogP contribution < -0.4 is 0 Å². The van der Waals surface area contributed by atoms with E-state index in [9.17, 15) is 18.3 Å². The van der Waals surface area contributed by atoms with Gasteiger partial charge >= 0.3 is 5.97 Å². The molecule has 0 radical (unpaired) electrons. The predicted molar refractivity (Wildman–Crippen MR) is 60.7 cm³/mol. The van der Waals surface area contributed by atoms with Crippen LogP contribution in [0.2, 0.25) is 0 Å².